The summed E-state index contributed by atoms with van der Waals surface area (Å²) >= 11 is 0. The number of amides is 1. The van der Waals surface area contributed by atoms with Crippen molar-refractivity contribution in [1.82, 2.24) is 14.8 Å². The van der Waals surface area contributed by atoms with E-state index in [9.17, 15) is 9.90 Å². The number of hydrogen-bond donors (Lipinski definition) is 2. The molecule has 0 aliphatic rings. The van der Waals surface area contributed by atoms with Crippen molar-refractivity contribution in [3.63, 3.8) is 0 Å². The van der Waals surface area contributed by atoms with Crippen LogP contribution in [0.4, 0.5) is 0 Å². The molecule has 6 nitrogen and oxygen atoms in total. The van der Waals surface area contributed by atoms with Gasteiger partial charge in [-0.1, -0.05) is 100 Å². The van der Waals surface area contributed by atoms with Gasteiger partial charge in [0.15, 0.2) is 0 Å². The second-order valence-corrected chi connectivity index (χ2v) is 12.3. The molecule has 0 spiro atoms. The molecule has 2 N–H and O–H groups in total. The molecular formula is C36H47N3O3. The molecule has 1 heterocycles. The first-order valence-electron chi connectivity index (χ1n) is 15.2. The lowest BCUT2D eigenvalue weighted by Crippen LogP contribution is -2.44. The van der Waals surface area contributed by atoms with Gasteiger partial charge in [-0.2, -0.15) is 0 Å². The molecule has 0 fully saturated rings. The average Bonchev–Trinajstić information content (AvgIpc) is 3.38. The third kappa shape index (κ3) is 9.28. The third-order valence-electron chi connectivity index (χ3n) is 7.66. The number of para-hydroxylation sites is 1. The number of nitrogens with zero attached hydrogens (tertiary/aromatic N) is 2. The molecular weight excluding hydrogens is 522 g/mol. The molecule has 0 aliphatic carbocycles. The van der Waals surface area contributed by atoms with Crippen molar-refractivity contribution in [3.05, 3.63) is 107 Å². The molecule has 6 heteroatoms. The van der Waals surface area contributed by atoms with E-state index in [1.807, 2.05) is 41.3 Å². The van der Waals surface area contributed by atoms with E-state index in [4.69, 9.17) is 4.74 Å². The van der Waals surface area contributed by atoms with Crippen molar-refractivity contribution >= 4 is 16.8 Å². The lowest BCUT2D eigenvalue weighted by Gasteiger charge is -2.29. The number of ether oxygens (including phenoxy) is 1. The van der Waals surface area contributed by atoms with Crippen LogP contribution in [-0.4, -0.2) is 64.7 Å². The molecule has 0 radical (unpaired) electrons. The Morgan fingerprint density at radius 2 is 1.64 bits per heavy atom. The number of aliphatic hydroxyl groups excluding tert-OH is 1. The van der Waals surface area contributed by atoms with Gasteiger partial charge in [-0.25, -0.2) is 0 Å². The Morgan fingerprint density at radius 3 is 2.36 bits per heavy atom. The zero-order chi connectivity index (χ0) is 30.0. The van der Waals surface area contributed by atoms with Crippen molar-refractivity contribution in [2.75, 3.05) is 32.8 Å². The predicted octanol–water partition coefficient (Wildman–Crippen LogP) is 6.33. The Hall–Kier alpha value is -3.45. The Labute approximate surface area is 251 Å². The summed E-state index contributed by atoms with van der Waals surface area (Å²) in [4.78, 5) is 21.2. The van der Waals surface area contributed by atoms with Crippen molar-refractivity contribution in [1.29, 1.82) is 0 Å². The van der Waals surface area contributed by atoms with Crippen LogP contribution in [-0.2, 0) is 34.5 Å². The summed E-state index contributed by atoms with van der Waals surface area (Å²) in [6, 6.07) is 26.9. The molecule has 0 aliphatic heterocycles. The van der Waals surface area contributed by atoms with Gasteiger partial charge in [-0.05, 0) is 53.1 Å². The van der Waals surface area contributed by atoms with Gasteiger partial charge in [-0.3, -0.25) is 9.69 Å². The van der Waals surface area contributed by atoms with Crippen molar-refractivity contribution in [2.24, 2.45) is 0 Å². The minimum atomic E-state index is -0.669. The fourth-order valence-corrected chi connectivity index (χ4v) is 5.30. The fraction of sp³-hybridized carbons (Fsp3) is 0.417. The Kier molecular flexibility index (Phi) is 11.4. The van der Waals surface area contributed by atoms with Gasteiger partial charge in [0.1, 0.15) is 0 Å². The number of aromatic nitrogens is 1. The van der Waals surface area contributed by atoms with E-state index in [0.29, 0.717) is 26.2 Å². The first-order chi connectivity index (χ1) is 20.2. The number of aliphatic hydroxyl groups is 1. The predicted molar refractivity (Wildman–Crippen MR) is 171 cm³/mol. The van der Waals surface area contributed by atoms with E-state index in [2.05, 4.69) is 86.2 Å². The van der Waals surface area contributed by atoms with Gasteiger partial charge < -0.3 is 19.7 Å². The first kappa shape index (κ1) is 31.5. The fourth-order valence-electron chi connectivity index (χ4n) is 5.30. The maximum atomic E-state index is 13.8. The number of H-pyrrole nitrogens is 1. The number of benzene rings is 3. The summed E-state index contributed by atoms with van der Waals surface area (Å²) in [5, 5.41) is 11.9. The summed E-state index contributed by atoms with van der Waals surface area (Å²) in [5.41, 5.74) is 5.87. The van der Waals surface area contributed by atoms with Gasteiger partial charge >= 0.3 is 0 Å². The van der Waals surface area contributed by atoms with E-state index in [1.165, 1.54) is 16.5 Å². The van der Waals surface area contributed by atoms with Gasteiger partial charge in [0, 0.05) is 36.7 Å². The highest BCUT2D eigenvalue weighted by molar-refractivity contribution is 5.83. The van der Waals surface area contributed by atoms with Crippen LogP contribution in [0.15, 0.2) is 85.1 Å². The standard InChI is InChI=1S/C36H47N3O3/c1-5-20-38(24-32(40)27-42-26-29-11-7-6-8-12-29)25-35(41)39(23-28-15-17-31(18-16-28)36(2,3)4)21-19-30-22-37-34-14-10-9-13-33(30)34/h6-18,22,32,37,40H,5,19-21,23-27H2,1-4H3/t32-/m0/s1. The van der Waals surface area contributed by atoms with Crippen LogP contribution in [0.25, 0.3) is 10.9 Å². The second-order valence-electron chi connectivity index (χ2n) is 12.3. The van der Waals surface area contributed by atoms with Crippen LogP contribution in [0.3, 0.4) is 0 Å². The summed E-state index contributed by atoms with van der Waals surface area (Å²) < 4.78 is 5.77. The molecule has 1 aromatic heterocycles. The summed E-state index contributed by atoms with van der Waals surface area (Å²) in [6.45, 7) is 12.0. The normalized spacial score (nSPS) is 12.6. The lowest BCUT2D eigenvalue weighted by atomic mass is 9.87. The Morgan fingerprint density at radius 1 is 0.929 bits per heavy atom. The van der Waals surface area contributed by atoms with E-state index in [-0.39, 0.29) is 24.5 Å². The zero-order valence-corrected chi connectivity index (χ0v) is 25.7. The molecule has 42 heavy (non-hydrogen) atoms. The molecule has 4 aromatic rings. The first-order valence-corrected chi connectivity index (χ1v) is 15.2. The number of aromatic amines is 1. The van der Waals surface area contributed by atoms with E-state index >= 15 is 0 Å². The monoisotopic (exact) mass is 569 g/mol. The van der Waals surface area contributed by atoms with Crippen LogP contribution in [0.5, 0.6) is 0 Å². The largest absolute Gasteiger partial charge is 0.389 e. The number of carbonyl (C=O) groups excluding carboxylic acids is 1. The van der Waals surface area contributed by atoms with Crippen LogP contribution in [0.2, 0.25) is 0 Å². The minimum Gasteiger partial charge on any atom is -0.389 e. The lowest BCUT2D eigenvalue weighted by molar-refractivity contribution is -0.133. The van der Waals surface area contributed by atoms with E-state index in [1.54, 1.807) is 0 Å². The molecule has 0 bridgehead atoms. The summed E-state index contributed by atoms with van der Waals surface area (Å²) in [7, 11) is 0. The molecule has 0 saturated carbocycles. The van der Waals surface area contributed by atoms with E-state index in [0.717, 1.165) is 36.0 Å². The van der Waals surface area contributed by atoms with Gasteiger partial charge in [0.05, 0.1) is 25.9 Å². The highest BCUT2D eigenvalue weighted by Crippen LogP contribution is 2.23. The van der Waals surface area contributed by atoms with Gasteiger partial charge in [0.2, 0.25) is 5.91 Å². The van der Waals surface area contributed by atoms with Crippen molar-refractivity contribution in [3.8, 4) is 0 Å². The van der Waals surface area contributed by atoms with Crippen molar-refractivity contribution < 1.29 is 14.6 Å². The van der Waals surface area contributed by atoms with Gasteiger partial charge in [0.25, 0.3) is 0 Å². The van der Waals surface area contributed by atoms with Crippen LogP contribution >= 0.6 is 0 Å². The summed E-state index contributed by atoms with van der Waals surface area (Å²) in [5.74, 6) is 0.0700. The highest BCUT2D eigenvalue weighted by atomic mass is 16.5. The third-order valence-corrected chi connectivity index (χ3v) is 7.66. The molecule has 4 rings (SSSR count). The Balaban J connectivity index is 1.41. The topological polar surface area (TPSA) is 68.8 Å². The minimum absolute atomic E-state index is 0.0700. The average molecular weight is 570 g/mol. The number of rotatable bonds is 15. The Bertz CT molecular complexity index is 1380. The maximum Gasteiger partial charge on any atom is 0.237 e. The number of carbonyl (C=O) groups is 1. The number of fused-ring (bicyclic) bond motifs is 1. The molecule has 1 amide bonds. The number of nitrogens with one attached hydrogen (secondary N) is 1. The summed E-state index contributed by atoms with van der Waals surface area (Å²) in [6.07, 6.45) is 3.05. The van der Waals surface area contributed by atoms with Crippen LogP contribution < -0.4 is 0 Å². The molecule has 224 valence electrons. The molecule has 0 unspecified atom stereocenters. The van der Waals surface area contributed by atoms with Crippen molar-refractivity contribution in [2.45, 2.75) is 65.2 Å². The van der Waals surface area contributed by atoms with Gasteiger partial charge in [-0.15, -0.1) is 0 Å². The quantitative estimate of drug-likeness (QED) is 0.176. The molecule has 0 saturated heterocycles. The zero-order valence-electron chi connectivity index (χ0n) is 25.7. The maximum absolute atomic E-state index is 13.8. The second kappa shape index (κ2) is 15.1. The number of hydrogen-bond acceptors (Lipinski definition) is 4. The smallest absolute Gasteiger partial charge is 0.237 e. The molecule has 3 aromatic carbocycles. The van der Waals surface area contributed by atoms with E-state index < -0.39 is 6.10 Å². The van der Waals surface area contributed by atoms with Crippen LogP contribution in [0.1, 0.15) is 56.4 Å². The SMILES string of the molecule is CCCN(CC(=O)N(CCc1c[nH]c2ccccc12)Cc1ccc(C(C)(C)C)cc1)C[C@H](O)COCc1ccccc1. The molecule has 1 atom stereocenters. The van der Waals surface area contributed by atoms with Crippen LogP contribution in [0, 0.1) is 0 Å². The highest BCUT2D eigenvalue weighted by Gasteiger charge is 2.21.